The molecule has 0 saturated carbocycles. The summed E-state index contributed by atoms with van der Waals surface area (Å²) < 4.78 is 10.9. The predicted octanol–water partition coefficient (Wildman–Crippen LogP) is 3.50. The van der Waals surface area contributed by atoms with Crippen LogP contribution in [-0.2, 0) is 14.3 Å². The van der Waals surface area contributed by atoms with E-state index in [2.05, 4.69) is 6.07 Å². The molecule has 29 heavy (non-hydrogen) atoms. The second-order valence-electron chi connectivity index (χ2n) is 6.84. The molecule has 1 aliphatic rings. The van der Waals surface area contributed by atoms with E-state index in [1.54, 1.807) is 35.2 Å². The molecule has 2 aromatic carbocycles. The number of amides is 1. The van der Waals surface area contributed by atoms with E-state index >= 15 is 0 Å². The molecular formula is C22H22N2O4S. The quantitative estimate of drug-likeness (QED) is 0.702. The van der Waals surface area contributed by atoms with Crippen LogP contribution in [-0.4, -0.2) is 48.7 Å². The fraction of sp³-hybridized carbons (Fsp3) is 0.318. The van der Waals surface area contributed by atoms with Crippen molar-refractivity contribution in [1.82, 2.24) is 4.90 Å². The Morgan fingerprint density at radius 2 is 1.72 bits per heavy atom. The van der Waals surface area contributed by atoms with E-state index in [4.69, 9.17) is 9.47 Å². The van der Waals surface area contributed by atoms with Gasteiger partial charge in [0.2, 0.25) is 0 Å². The number of ether oxygens (including phenoxy) is 2. The van der Waals surface area contributed by atoms with E-state index in [1.165, 1.54) is 11.8 Å². The van der Waals surface area contributed by atoms with Crippen molar-refractivity contribution < 1.29 is 19.1 Å². The minimum atomic E-state index is -0.565. The first-order valence-corrected chi connectivity index (χ1v) is 10.2. The van der Waals surface area contributed by atoms with E-state index < -0.39 is 5.97 Å². The Morgan fingerprint density at radius 1 is 1.10 bits per heavy atom. The standard InChI is InChI=1S/C22H22N2O4S/c1-15-12-24(13-16(2)28-15)21(25)14-27-22(26)18-8-4-6-10-20(18)29-19-9-5-3-7-17(19)11-23/h3-10,15-16H,12-14H2,1-2H3/t15-,16-/m1/s1. The lowest BCUT2D eigenvalue weighted by Gasteiger charge is -2.35. The number of carbonyl (C=O) groups excluding carboxylic acids is 2. The Hall–Kier alpha value is -2.82. The third kappa shape index (κ3) is 5.37. The number of morpholine rings is 1. The van der Waals surface area contributed by atoms with Crippen molar-refractivity contribution in [2.45, 2.75) is 35.8 Å². The van der Waals surface area contributed by atoms with Crippen LogP contribution in [0.15, 0.2) is 58.3 Å². The van der Waals surface area contributed by atoms with Crippen LogP contribution >= 0.6 is 11.8 Å². The van der Waals surface area contributed by atoms with Gasteiger partial charge in [0.15, 0.2) is 6.61 Å². The zero-order valence-electron chi connectivity index (χ0n) is 16.3. The molecule has 0 spiro atoms. The van der Waals surface area contributed by atoms with Crippen LogP contribution in [0.4, 0.5) is 0 Å². The van der Waals surface area contributed by atoms with Crippen LogP contribution in [0.2, 0.25) is 0 Å². The molecular weight excluding hydrogens is 388 g/mol. The number of nitrogens with zero attached hydrogens (tertiary/aromatic N) is 2. The molecule has 1 heterocycles. The van der Waals surface area contributed by atoms with E-state index in [9.17, 15) is 14.9 Å². The summed E-state index contributed by atoms with van der Waals surface area (Å²) in [6.45, 7) is 4.48. The van der Waals surface area contributed by atoms with Gasteiger partial charge in [-0.05, 0) is 38.1 Å². The van der Waals surface area contributed by atoms with Gasteiger partial charge < -0.3 is 14.4 Å². The molecule has 1 saturated heterocycles. The van der Waals surface area contributed by atoms with Crippen LogP contribution in [0.1, 0.15) is 29.8 Å². The highest BCUT2D eigenvalue weighted by Crippen LogP contribution is 2.32. The van der Waals surface area contributed by atoms with Gasteiger partial charge in [0, 0.05) is 22.9 Å². The van der Waals surface area contributed by atoms with Crippen molar-refractivity contribution in [3.8, 4) is 6.07 Å². The molecule has 7 heteroatoms. The lowest BCUT2D eigenvalue weighted by molar-refractivity contribution is -0.146. The van der Waals surface area contributed by atoms with Crippen LogP contribution in [0.5, 0.6) is 0 Å². The van der Waals surface area contributed by atoms with Crippen molar-refractivity contribution in [3.63, 3.8) is 0 Å². The van der Waals surface area contributed by atoms with E-state index in [-0.39, 0.29) is 24.7 Å². The lowest BCUT2D eigenvalue weighted by atomic mass is 10.2. The lowest BCUT2D eigenvalue weighted by Crippen LogP contribution is -2.49. The highest BCUT2D eigenvalue weighted by atomic mass is 32.2. The second-order valence-corrected chi connectivity index (χ2v) is 7.92. The first-order valence-electron chi connectivity index (χ1n) is 9.34. The molecule has 0 aromatic heterocycles. The number of carbonyl (C=O) groups is 2. The van der Waals surface area contributed by atoms with Crippen LogP contribution < -0.4 is 0 Å². The summed E-state index contributed by atoms with van der Waals surface area (Å²) in [6.07, 6.45) is -0.0912. The molecule has 1 fully saturated rings. The maximum Gasteiger partial charge on any atom is 0.339 e. The van der Waals surface area contributed by atoms with Crippen molar-refractivity contribution in [3.05, 3.63) is 59.7 Å². The summed E-state index contributed by atoms with van der Waals surface area (Å²) in [5.74, 6) is -0.800. The number of nitriles is 1. The molecule has 3 rings (SSSR count). The van der Waals surface area contributed by atoms with Gasteiger partial charge in [-0.2, -0.15) is 5.26 Å². The Balaban J connectivity index is 1.67. The number of hydrogen-bond acceptors (Lipinski definition) is 6. The molecule has 1 aliphatic heterocycles. The highest BCUT2D eigenvalue weighted by molar-refractivity contribution is 7.99. The third-order valence-electron chi connectivity index (χ3n) is 4.43. The maximum atomic E-state index is 12.6. The Kier molecular flexibility index (Phi) is 6.91. The predicted molar refractivity (Wildman–Crippen MR) is 109 cm³/mol. The van der Waals surface area contributed by atoms with Gasteiger partial charge in [0.05, 0.1) is 23.3 Å². The summed E-state index contributed by atoms with van der Waals surface area (Å²) in [4.78, 5) is 28.1. The minimum Gasteiger partial charge on any atom is -0.452 e. The van der Waals surface area contributed by atoms with Crippen LogP contribution in [0, 0.1) is 11.3 Å². The fourth-order valence-electron chi connectivity index (χ4n) is 3.17. The molecule has 0 bridgehead atoms. The zero-order valence-corrected chi connectivity index (χ0v) is 17.1. The zero-order chi connectivity index (χ0) is 20.8. The Morgan fingerprint density at radius 3 is 2.41 bits per heavy atom. The monoisotopic (exact) mass is 410 g/mol. The van der Waals surface area contributed by atoms with Gasteiger partial charge in [-0.25, -0.2) is 4.79 Å². The van der Waals surface area contributed by atoms with Crippen LogP contribution in [0.3, 0.4) is 0 Å². The summed E-state index contributed by atoms with van der Waals surface area (Å²) in [5.41, 5.74) is 0.896. The maximum absolute atomic E-state index is 12.6. The van der Waals surface area contributed by atoms with E-state index in [0.717, 1.165) is 4.90 Å². The molecule has 0 unspecified atom stereocenters. The van der Waals surface area contributed by atoms with E-state index in [0.29, 0.717) is 29.1 Å². The van der Waals surface area contributed by atoms with Gasteiger partial charge in [-0.3, -0.25) is 4.79 Å². The topological polar surface area (TPSA) is 79.6 Å². The van der Waals surface area contributed by atoms with Gasteiger partial charge >= 0.3 is 5.97 Å². The molecule has 150 valence electrons. The SMILES string of the molecule is C[C@@H]1CN(C(=O)COC(=O)c2ccccc2Sc2ccccc2C#N)C[C@@H](C)O1. The average molecular weight is 410 g/mol. The minimum absolute atomic E-state index is 0.0456. The van der Waals surface area contributed by atoms with Gasteiger partial charge in [-0.1, -0.05) is 36.0 Å². The molecule has 2 atom stereocenters. The Bertz CT molecular complexity index is 930. The van der Waals surface area contributed by atoms with E-state index in [1.807, 2.05) is 32.0 Å². The molecule has 0 aliphatic carbocycles. The number of benzene rings is 2. The number of rotatable bonds is 5. The largest absolute Gasteiger partial charge is 0.452 e. The Labute approximate surface area is 174 Å². The molecule has 6 nitrogen and oxygen atoms in total. The third-order valence-corrected chi connectivity index (χ3v) is 5.59. The molecule has 2 aromatic rings. The highest BCUT2D eigenvalue weighted by Gasteiger charge is 2.26. The number of hydrogen-bond donors (Lipinski definition) is 0. The molecule has 1 amide bonds. The molecule has 0 N–H and O–H groups in total. The molecule has 0 radical (unpaired) electrons. The second kappa shape index (κ2) is 9.59. The number of esters is 1. The van der Waals surface area contributed by atoms with Crippen molar-refractivity contribution in [2.75, 3.05) is 19.7 Å². The summed E-state index contributed by atoms with van der Waals surface area (Å²) in [6, 6.07) is 16.3. The smallest absolute Gasteiger partial charge is 0.339 e. The van der Waals surface area contributed by atoms with Crippen molar-refractivity contribution >= 4 is 23.6 Å². The summed E-state index contributed by atoms with van der Waals surface area (Å²) in [5, 5.41) is 9.28. The van der Waals surface area contributed by atoms with Gasteiger partial charge in [0.1, 0.15) is 6.07 Å². The van der Waals surface area contributed by atoms with Crippen LogP contribution in [0.25, 0.3) is 0 Å². The summed E-state index contributed by atoms with van der Waals surface area (Å²) >= 11 is 1.32. The first kappa shape index (κ1) is 20.9. The summed E-state index contributed by atoms with van der Waals surface area (Å²) in [7, 11) is 0. The van der Waals surface area contributed by atoms with Gasteiger partial charge in [0.25, 0.3) is 5.91 Å². The van der Waals surface area contributed by atoms with Crippen molar-refractivity contribution in [1.29, 1.82) is 5.26 Å². The normalized spacial score (nSPS) is 18.7. The van der Waals surface area contributed by atoms with Crippen molar-refractivity contribution in [2.24, 2.45) is 0 Å². The first-order chi connectivity index (χ1) is 14.0. The average Bonchev–Trinajstić information content (AvgIpc) is 2.72. The fourth-order valence-corrected chi connectivity index (χ4v) is 4.18. The van der Waals surface area contributed by atoms with Gasteiger partial charge in [-0.15, -0.1) is 0 Å².